The molecule has 0 bridgehead atoms. The van der Waals surface area contributed by atoms with Crippen molar-refractivity contribution in [2.45, 2.75) is 48.2 Å². The van der Waals surface area contributed by atoms with Crippen molar-refractivity contribution in [1.82, 2.24) is 29.9 Å². The topological polar surface area (TPSA) is 85.1 Å². The first kappa shape index (κ1) is 16.5. The Hall–Kier alpha value is -2.00. The number of aromatic nitrogens is 5. The van der Waals surface area contributed by atoms with Gasteiger partial charge < -0.3 is 5.32 Å². The molecule has 1 aliphatic carbocycles. The fraction of sp³-hybridized carbons (Fsp3) is 0.438. The van der Waals surface area contributed by atoms with Crippen molar-refractivity contribution in [3.8, 4) is 0 Å². The van der Waals surface area contributed by atoms with Crippen molar-refractivity contribution in [1.29, 1.82) is 0 Å². The number of thioether (sulfide) groups is 1. The zero-order valence-electron chi connectivity index (χ0n) is 13.8. The summed E-state index contributed by atoms with van der Waals surface area (Å²) in [6.45, 7) is 2.02. The molecule has 0 atom stereocenters. The molecule has 1 aliphatic rings. The predicted octanol–water partition coefficient (Wildman–Crippen LogP) is 2.72. The van der Waals surface area contributed by atoms with Crippen molar-refractivity contribution in [3.05, 3.63) is 35.4 Å². The maximum Gasteiger partial charge on any atom is 0.291 e. The SMILES string of the molecule is Cc1csc(SC2CCC(NC(=O)c3nc4ncccn4n3)CC2)n1. The highest BCUT2D eigenvalue weighted by molar-refractivity contribution is 8.01. The molecule has 3 aromatic heterocycles. The third kappa shape index (κ3) is 3.82. The van der Waals surface area contributed by atoms with E-state index in [2.05, 4.69) is 30.7 Å². The summed E-state index contributed by atoms with van der Waals surface area (Å²) < 4.78 is 2.66. The van der Waals surface area contributed by atoms with Crippen molar-refractivity contribution >= 4 is 34.8 Å². The van der Waals surface area contributed by atoms with Crippen molar-refractivity contribution in [2.24, 2.45) is 0 Å². The number of hydrogen-bond acceptors (Lipinski definition) is 7. The monoisotopic (exact) mass is 374 g/mol. The number of nitrogens with one attached hydrogen (secondary N) is 1. The third-order valence-electron chi connectivity index (χ3n) is 4.19. The summed E-state index contributed by atoms with van der Waals surface area (Å²) >= 11 is 3.58. The minimum Gasteiger partial charge on any atom is -0.347 e. The molecule has 3 heterocycles. The molecule has 130 valence electrons. The number of amides is 1. The van der Waals surface area contributed by atoms with Gasteiger partial charge >= 0.3 is 0 Å². The van der Waals surface area contributed by atoms with Gasteiger partial charge in [0.1, 0.15) is 4.34 Å². The minimum atomic E-state index is -0.225. The van der Waals surface area contributed by atoms with Gasteiger partial charge in [0.2, 0.25) is 5.82 Å². The van der Waals surface area contributed by atoms with Gasteiger partial charge in [-0.15, -0.1) is 16.4 Å². The molecule has 0 radical (unpaired) electrons. The zero-order chi connectivity index (χ0) is 17.2. The van der Waals surface area contributed by atoms with Crippen molar-refractivity contribution in [2.75, 3.05) is 0 Å². The van der Waals surface area contributed by atoms with Crippen LogP contribution >= 0.6 is 23.1 Å². The molecule has 1 fully saturated rings. The van der Waals surface area contributed by atoms with E-state index in [0.29, 0.717) is 11.0 Å². The highest BCUT2D eigenvalue weighted by Crippen LogP contribution is 2.35. The lowest BCUT2D eigenvalue weighted by Gasteiger charge is -2.27. The van der Waals surface area contributed by atoms with E-state index in [1.165, 1.54) is 4.52 Å². The fourth-order valence-corrected chi connectivity index (χ4v) is 5.22. The first-order valence-electron chi connectivity index (χ1n) is 8.24. The van der Waals surface area contributed by atoms with Crippen LogP contribution in [0.15, 0.2) is 28.2 Å². The first-order chi connectivity index (χ1) is 12.2. The molecular formula is C16H18N6OS2. The Morgan fingerprint density at radius 1 is 1.32 bits per heavy atom. The normalized spacial score (nSPS) is 20.7. The minimum absolute atomic E-state index is 0.174. The van der Waals surface area contributed by atoms with E-state index < -0.39 is 0 Å². The number of nitrogens with zero attached hydrogens (tertiary/aromatic N) is 5. The average Bonchev–Trinajstić information content (AvgIpc) is 3.22. The molecular weight excluding hydrogens is 356 g/mol. The standard InChI is InChI=1S/C16H18N6OS2/c1-10-9-24-16(18-10)25-12-5-3-11(4-6-12)19-14(23)13-20-15-17-7-2-8-22(15)21-13/h2,7-9,11-12H,3-6H2,1H3,(H,19,23). The molecule has 1 saturated carbocycles. The molecule has 0 saturated heterocycles. The second-order valence-corrected chi connectivity index (χ2v) is 8.52. The van der Waals surface area contributed by atoms with Gasteiger partial charge in [-0.3, -0.25) is 4.79 Å². The molecule has 0 unspecified atom stereocenters. The van der Waals surface area contributed by atoms with Crippen LogP contribution in [0.5, 0.6) is 0 Å². The van der Waals surface area contributed by atoms with Crippen LogP contribution in [0, 0.1) is 6.92 Å². The second-order valence-electron chi connectivity index (χ2n) is 6.12. The number of carbonyl (C=O) groups is 1. The summed E-state index contributed by atoms with van der Waals surface area (Å²) in [5.41, 5.74) is 1.09. The van der Waals surface area contributed by atoms with Gasteiger partial charge in [0.15, 0.2) is 0 Å². The maximum absolute atomic E-state index is 12.4. The molecule has 9 heteroatoms. The van der Waals surface area contributed by atoms with Crippen LogP contribution < -0.4 is 5.32 Å². The number of hydrogen-bond donors (Lipinski definition) is 1. The Bertz CT molecular complexity index is 851. The highest BCUT2D eigenvalue weighted by atomic mass is 32.2. The van der Waals surface area contributed by atoms with Crippen LogP contribution in [-0.4, -0.2) is 41.8 Å². The van der Waals surface area contributed by atoms with Crippen LogP contribution in [0.2, 0.25) is 0 Å². The van der Waals surface area contributed by atoms with Gasteiger partial charge in [0, 0.05) is 34.8 Å². The molecule has 0 aliphatic heterocycles. The second kappa shape index (κ2) is 7.09. The summed E-state index contributed by atoms with van der Waals surface area (Å²) in [6, 6.07) is 1.94. The smallest absolute Gasteiger partial charge is 0.291 e. The molecule has 1 amide bonds. The Morgan fingerprint density at radius 2 is 2.16 bits per heavy atom. The summed E-state index contributed by atoms with van der Waals surface area (Å²) in [6.07, 6.45) is 7.46. The summed E-state index contributed by atoms with van der Waals surface area (Å²) in [4.78, 5) is 25.1. The van der Waals surface area contributed by atoms with E-state index in [1.807, 2.05) is 18.7 Å². The fourth-order valence-electron chi connectivity index (χ4n) is 2.93. The van der Waals surface area contributed by atoms with Crippen LogP contribution in [0.25, 0.3) is 5.78 Å². The van der Waals surface area contributed by atoms with E-state index in [0.717, 1.165) is 35.7 Å². The van der Waals surface area contributed by atoms with Gasteiger partial charge in [0.25, 0.3) is 11.7 Å². The number of fused-ring (bicyclic) bond motifs is 1. The van der Waals surface area contributed by atoms with Gasteiger partial charge in [-0.1, -0.05) is 11.8 Å². The number of carbonyl (C=O) groups excluding carboxylic acids is 1. The van der Waals surface area contributed by atoms with Crippen LogP contribution in [0.4, 0.5) is 0 Å². The average molecular weight is 374 g/mol. The summed E-state index contributed by atoms with van der Waals surface area (Å²) in [5, 5.41) is 9.90. The molecule has 0 aromatic carbocycles. The maximum atomic E-state index is 12.4. The Labute approximate surface area is 153 Å². The quantitative estimate of drug-likeness (QED) is 0.756. The van der Waals surface area contributed by atoms with Crippen LogP contribution in [0.3, 0.4) is 0 Å². The van der Waals surface area contributed by atoms with Gasteiger partial charge in [-0.25, -0.2) is 14.5 Å². The first-order valence-corrected chi connectivity index (χ1v) is 10.0. The summed E-state index contributed by atoms with van der Waals surface area (Å²) in [5.74, 6) is 0.386. The Balaban J connectivity index is 1.31. The zero-order valence-corrected chi connectivity index (χ0v) is 15.4. The molecule has 3 aromatic rings. The van der Waals surface area contributed by atoms with E-state index in [9.17, 15) is 4.79 Å². The molecule has 1 N–H and O–H groups in total. The Morgan fingerprint density at radius 3 is 2.88 bits per heavy atom. The third-order valence-corrected chi connectivity index (χ3v) is 6.62. The van der Waals surface area contributed by atoms with Gasteiger partial charge in [0.05, 0.1) is 0 Å². The van der Waals surface area contributed by atoms with E-state index in [4.69, 9.17) is 0 Å². The summed E-state index contributed by atoms with van der Waals surface area (Å²) in [7, 11) is 0. The van der Waals surface area contributed by atoms with Crippen molar-refractivity contribution < 1.29 is 4.79 Å². The molecule has 7 nitrogen and oxygen atoms in total. The van der Waals surface area contributed by atoms with Crippen molar-refractivity contribution in [3.63, 3.8) is 0 Å². The van der Waals surface area contributed by atoms with Crippen LogP contribution in [0.1, 0.15) is 42.0 Å². The Kier molecular flexibility index (Phi) is 4.67. The number of rotatable bonds is 4. The van der Waals surface area contributed by atoms with Gasteiger partial charge in [-0.2, -0.15) is 4.98 Å². The van der Waals surface area contributed by atoms with E-state index in [-0.39, 0.29) is 17.8 Å². The van der Waals surface area contributed by atoms with E-state index in [1.54, 1.807) is 29.8 Å². The lowest BCUT2D eigenvalue weighted by molar-refractivity contribution is 0.0918. The predicted molar refractivity (Wildman–Crippen MR) is 97.0 cm³/mol. The number of aryl methyl sites for hydroxylation is 1. The van der Waals surface area contributed by atoms with E-state index >= 15 is 0 Å². The van der Waals surface area contributed by atoms with Gasteiger partial charge in [-0.05, 0) is 38.7 Å². The lowest BCUT2D eigenvalue weighted by Crippen LogP contribution is -2.38. The molecule has 4 rings (SSSR count). The van der Waals surface area contributed by atoms with Crippen LogP contribution in [-0.2, 0) is 0 Å². The number of thiazole rings is 1. The molecule has 25 heavy (non-hydrogen) atoms. The molecule has 0 spiro atoms. The lowest BCUT2D eigenvalue weighted by atomic mass is 9.95. The highest BCUT2D eigenvalue weighted by Gasteiger charge is 2.25. The largest absolute Gasteiger partial charge is 0.347 e.